The largest absolute Gasteiger partial charge is 0.461 e. The third kappa shape index (κ3) is 3.87. The van der Waals surface area contributed by atoms with Crippen molar-refractivity contribution < 1.29 is 13.7 Å². The fraction of sp³-hybridized carbons (Fsp3) is 0.308. The Labute approximate surface area is 135 Å². The van der Waals surface area contributed by atoms with Gasteiger partial charge in [0.25, 0.3) is 0 Å². The number of rotatable bonds is 8. The van der Waals surface area contributed by atoms with E-state index in [9.17, 15) is 0 Å². The predicted octanol–water partition coefficient (Wildman–Crippen LogP) is 3.14. The Bertz CT molecular complexity index is 696. The number of nitrogens with zero attached hydrogens (tertiary/aromatic N) is 3. The van der Waals surface area contributed by atoms with E-state index >= 15 is 0 Å². The van der Waals surface area contributed by atoms with Crippen molar-refractivity contribution in [3.63, 3.8) is 0 Å². The van der Waals surface area contributed by atoms with Crippen molar-refractivity contribution in [2.75, 3.05) is 25.6 Å². The van der Waals surface area contributed by atoms with Crippen LogP contribution in [0.2, 0.25) is 0 Å². The van der Waals surface area contributed by atoms with Gasteiger partial charge in [-0.3, -0.25) is 0 Å². The number of ether oxygens (including phenoxy) is 1. The molecule has 7 nitrogen and oxygen atoms in total. The van der Waals surface area contributed by atoms with E-state index in [0.717, 1.165) is 15.2 Å². The van der Waals surface area contributed by atoms with E-state index in [4.69, 9.17) is 13.7 Å². The van der Waals surface area contributed by atoms with Crippen LogP contribution in [0.3, 0.4) is 0 Å². The van der Waals surface area contributed by atoms with Crippen LogP contribution in [-0.2, 0) is 10.5 Å². The van der Waals surface area contributed by atoms with Gasteiger partial charge in [0.1, 0.15) is 0 Å². The Hall–Kier alpha value is -1.84. The van der Waals surface area contributed by atoms with Gasteiger partial charge < -0.3 is 19.0 Å². The molecule has 116 valence electrons. The van der Waals surface area contributed by atoms with E-state index in [1.54, 1.807) is 25.1 Å². The first kappa shape index (κ1) is 15.1. The Morgan fingerprint density at radius 2 is 2.32 bits per heavy atom. The van der Waals surface area contributed by atoms with Crippen LogP contribution in [0.4, 0.5) is 5.13 Å². The van der Waals surface area contributed by atoms with Gasteiger partial charge in [0.05, 0.1) is 18.6 Å². The molecule has 9 heteroatoms. The number of thioether (sulfide) groups is 1. The second kappa shape index (κ2) is 7.43. The molecular formula is C13H14N4O3S2. The highest BCUT2D eigenvalue weighted by Gasteiger charge is 2.11. The van der Waals surface area contributed by atoms with E-state index in [-0.39, 0.29) is 0 Å². The van der Waals surface area contributed by atoms with Crippen LogP contribution < -0.4 is 5.32 Å². The van der Waals surface area contributed by atoms with Gasteiger partial charge in [-0.05, 0) is 12.1 Å². The van der Waals surface area contributed by atoms with Gasteiger partial charge in [-0.25, -0.2) is 0 Å². The molecule has 0 atom stereocenters. The fourth-order valence-corrected chi connectivity index (χ4v) is 3.31. The van der Waals surface area contributed by atoms with E-state index in [0.29, 0.717) is 30.4 Å². The van der Waals surface area contributed by atoms with E-state index in [2.05, 4.69) is 20.7 Å². The number of hydrogen-bond donors (Lipinski definition) is 1. The van der Waals surface area contributed by atoms with Crippen LogP contribution in [0.25, 0.3) is 11.5 Å². The van der Waals surface area contributed by atoms with Gasteiger partial charge in [-0.2, -0.15) is 0 Å². The van der Waals surface area contributed by atoms with Crippen molar-refractivity contribution in [2.45, 2.75) is 10.1 Å². The van der Waals surface area contributed by atoms with Crippen LogP contribution in [0.5, 0.6) is 0 Å². The lowest BCUT2D eigenvalue weighted by molar-refractivity contribution is 0.211. The Balaban J connectivity index is 1.52. The number of hydrogen-bond acceptors (Lipinski definition) is 9. The summed E-state index contributed by atoms with van der Waals surface area (Å²) in [6, 6.07) is 5.51. The lowest BCUT2D eigenvalue weighted by atomic mass is 10.3. The molecule has 22 heavy (non-hydrogen) atoms. The average Bonchev–Trinajstić information content (AvgIpc) is 3.26. The quantitative estimate of drug-likeness (QED) is 0.495. The number of methoxy groups -OCH3 is 1. The molecule has 0 unspecified atom stereocenters. The van der Waals surface area contributed by atoms with Gasteiger partial charge in [0.2, 0.25) is 10.9 Å². The summed E-state index contributed by atoms with van der Waals surface area (Å²) in [4.78, 5) is 0. The molecule has 1 N–H and O–H groups in total. The first-order valence-electron chi connectivity index (χ1n) is 6.54. The molecule has 0 aliphatic heterocycles. The minimum atomic E-state index is 0.625. The minimum Gasteiger partial charge on any atom is -0.461 e. The van der Waals surface area contributed by atoms with Crippen LogP contribution >= 0.6 is 23.1 Å². The first-order chi connectivity index (χ1) is 10.8. The summed E-state index contributed by atoms with van der Waals surface area (Å²) in [6.45, 7) is 1.35. The zero-order valence-electron chi connectivity index (χ0n) is 11.8. The lowest BCUT2D eigenvalue weighted by Crippen LogP contribution is -2.06. The SMILES string of the molecule is COCCNc1nnc(SCc2cc(-c3ccco3)on2)s1. The van der Waals surface area contributed by atoms with Gasteiger partial charge in [-0.15, -0.1) is 10.2 Å². The predicted molar refractivity (Wildman–Crippen MR) is 84.0 cm³/mol. The van der Waals surface area contributed by atoms with Crippen LogP contribution in [-0.4, -0.2) is 35.6 Å². The molecule has 0 fully saturated rings. The zero-order valence-corrected chi connectivity index (χ0v) is 13.4. The molecule has 0 aliphatic rings. The molecule has 0 bridgehead atoms. The van der Waals surface area contributed by atoms with Crippen LogP contribution in [0, 0.1) is 0 Å². The molecule has 3 heterocycles. The number of aromatic nitrogens is 3. The maximum Gasteiger partial charge on any atom is 0.206 e. The van der Waals surface area contributed by atoms with E-state index in [1.807, 2.05) is 18.2 Å². The summed E-state index contributed by atoms with van der Waals surface area (Å²) in [7, 11) is 1.66. The molecule has 3 aromatic heterocycles. The van der Waals surface area contributed by atoms with Gasteiger partial charge in [-0.1, -0.05) is 28.3 Å². The van der Waals surface area contributed by atoms with Crippen molar-refractivity contribution in [1.82, 2.24) is 15.4 Å². The molecule has 0 spiro atoms. The first-order valence-corrected chi connectivity index (χ1v) is 8.34. The molecule has 0 saturated carbocycles. The third-order valence-corrected chi connectivity index (χ3v) is 4.70. The second-order valence-electron chi connectivity index (χ2n) is 4.24. The molecular weight excluding hydrogens is 324 g/mol. The summed E-state index contributed by atoms with van der Waals surface area (Å²) >= 11 is 3.07. The molecule has 0 saturated heterocycles. The monoisotopic (exact) mass is 338 g/mol. The van der Waals surface area contributed by atoms with Gasteiger partial charge in [0, 0.05) is 25.5 Å². The highest BCUT2D eigenvalue weighted by Crippen LogP contribution is 2.29. The number of anilines is 1. The fourth-order valence-electron chi connectivity index (χ4n) is 1.65. The highest BCUT2D eigenvalue weighted by atomic mass is 32.2. The van der Waals surface area contributed by atoms with Crippen molar-refractivity contribution in [3.05, 3.63) is 30.2 Å². The van der Waals surface area contributed by atoms with Crippen LogP contribution in [0.1, 0.15) is 5.69 Å². The molecule has 0 aromatic carbocycles. The summed E-state index contributed by atoms with van der Waals surface area (Å²) in [5.74, 6) is 1.96. The molecule has 3 rings (SSSR count). The molecule has 0 aliphatic carbocycles. The minimum absolute atomic E-state index is 0.625. The van der Waals surface area contributed by atoms with Gasteiger partial charge >= 0.3 is 0 Å². The molecule has 3 aromatic rings. The summed E-state index contributed by atoms with van der Waals surface area (Å²) in [5.41, 5.74) is 0.834. The van der Waals surface area contributed by atoms with Crippen molar-refractivity contribution >= 4 is 28.2 Å². The Morgan fingerprint density at radius 1 is 1.36 bits per heavy atom. The number of furan rings is 1. The second-order valence-corrected chi connectivity index (χ2v) is 6.44. The van der Waals surface area contributed by atoms with Crippen LogP contribution in [0.15, 0.2) is 37.7 Å². The van der Waals surface area contributed by atoms with Crippen molar-refractivity contribution in [3.8, 4) is 11.5 Å². The standard InChI is InChI=1S/C13H14N4O3S2/c1-18-6-4-14-12-15-16-13(22-12)21-8-9-7-11(20-17-9)10-3-2-5-19-10/h2-3,5,7H,4,6,8H2,1H3,(H,14,15). The maximum absolute atomic E-state index is 5.27. The topological polar surface area (TPSA) is 86.2 Å². The van der Waals surface area contributed by atoms with Crippen molar-refractivity contribution in [2.24, 2.45) is 0 Å². The Morgan fingerprint density at radius 3 is 3.14 bits per heavy atom. The van der Waals surface area contributed by atoms with Crippen molar-refractivity contribution in [1.29, 1.82) is 0 Å². The number of nitrogens with one attached hydrogen (secondary N) is 1. The third-order valence-electron chi connectivity index (χ3n) is 2.66. The molecule has 0 amide bonds. The lowest BCUT2D eigenvalue weighted by Gasteiger charge is -1.98. The smallest absolute Gasteiger partial charge is 0.206 e. The summed E-state index contributed by atoms with van der Waals surface area (Å²) in [5, 5.41) is 16.1. The Kier molecular flexibility index (Phi) is 5.09. The average molecular weight is 338 g/mol. The summed E-state index contributed by atoms with van der Waals surface area (Å²) in [6.07, 6.45) is 1.60. The highest BCUT2D eigenvalue weighted by molar-refractivity contribution is 8.00. The molecule has 0 radical (unpaired) electrons. The van der Waals surface area contributed by atoms with Gasteiger partial charge in [0.15, 0.2) is 10.1 Å². The van der Waals surface area contributed by atoms with E-state index < -0.39 is 0 Å². The maximum atomic E-state index is 5.27. The van der Waals surface area contributed by atoms with E-state index in [1.165, 1.54) is 11.3 Å². The normalized spacial score (nSPS) is 11.0. The summed E-state index contributed by atoms with van der Waals surface area (Å²) < 4.78 is 16.4. The zero-order chi connectivity index (χ0) is 15.2.